The molecule has 4 N–H and O–H groups in total. The van der Waals surface area contributed by atoms with Crippen molar-refractivity contribution in [3.05, 3.63) is 40.8 Å². The first-order valence-electron chi connectivity index (χ1n) is 10.3. The van der Waals surface area contributed by atoms with Gasteiger partial charge in [0.15, 0.2) is 11.0 Å². The topological polar surface area (TPSA) is 98.9 Å². The summed E-state index contributed by atoms with van der Waals surface area (Å²) in [6.45, 7) is 5.59. The Bertz CT molecular complexity index is 1120. The lowest BCUT2D eigenvalue weighted by Crippen LogP contribution is -2.27. The van der Waals surface area contributed by atoms with Crippen molar-refractivity contribution in [1.82, 2.24) is 24.6 Å². The molecule has 7 nitrogen and oxygen atoms in total. The fourth-order valence-electron chi connectivity index (χ4n) is 4.77. The third kappa shape index (κ3) is 4.04. The minimum atomic E-state index is 0. The number of thiazole rings is 1. The highest BCUT2D eigenvalue weighted by atomic mass is 35.5. The molecule has 166 valence electrons. The van der Waals surface area contributed by atoms with Crippen LogP contribution in [0.15, 0.2) is 29.6 Å². The summed E-state index contributed by atoms with van der Waals surface area (Å²) in [5.74, 6) is 2.43. The van der Waals surface area contributed by atoms with Gasteiger partial charge in [0.2, 0.25) is 0 Å². The number of hydrogen-bond acceptors (Lipinski definition) is 8. The van der Waals surface area contributed by atoms with Gasteiger partial charge in [-0.2, -0.15) is 0 Å². The lowest BCUT2D eigenvalue weighted by molar-refractivity contribution is 0.299. The maximum Gasteiger partial charge on any atom is 0.191 e. The zero-order chi connectivity index (χ0) is 20.9. The lowest BCUT2D eigenvalue weighted by atomic mass is 9.95. The van der Waals surface area contributed by atoms with Gasteiger partial charge in [0.05, 0.1) is 20.9 Å². The van der Waals surface area contributed by atoms with Gasteiger partial charge >= 0.3 is 0 Å². The summed E-state index contributed by atoms with van der Waals surface area (Å²) in [4.78, 5) is 7.33. The molecule has 3 aromatic rings. The average Bonchev–Trinajstić information content (AvgIpc) is 3.03. The third-order valence-electron chi connectivity index (χ3n) is 6.41. The summed E-state index contributed by atoms with van der Waals surface area (Å²) in [6.07, 6.45) is 3.81. The van der Waals surface area contributed by atoms with Crippen LogP contribution in [0.2, 0.25) is 0 Å². The first-order valence-corrected chi connectivity index (χ1v) is 12.1. The number of likely N-dealkylation sites (tertiary alicyclic amines) is 1. The van der Waals surface area contributed by atoms with Gasteiger partial charge in [-0.3, -0.25) is 0 Å². The standard InChI is InChI=1S/C21H27N7S2.ClH/c1-13-24-17-8-14(4-5-18(17)30-13)21-9-15(21)11-28(12-21)6-3-7-29-20-26-25-19(27(20)2)16(23)10-22;/h4-5,8,10,15H,3,6-7,9,11-12,22-23H2,1-2H3;1H/b16-10-;/t15-,21+;/m1./s1. The number of hydrogen-bond donors (Lipinski definition) is 2. The molecule has 10 heteroatoms. The molecular weight excluding hydrogens is 450 g/mol. The van der Waals surface area contributed by atoms with Crippen molar-refractivity contribution in [3.8, 4) is 0 Å². The Morgan fingerprint density at radius 2 is 2.23 bits per heavy atom. The van der Waals surface area contributed by atoms with Crippen LogP contribution in [0.5, 0.6) is 0 Å². The molecule has 0 spiro atoms. The van der Waals surface area contributed by atoms with Gasteiger partial charge in [-0.15, -0.1) is 33.9 Å². The van der Waals surface area contributed by atoms with E-state index in [0.717, 1.165) is 40.3 Å². The molecule has 31 heavy (non-hydrogen) atoms. The molecule has 2 atom stereocenters. The van der Waals surface area contributed by atoms with Crippen LogP contribution >= 0.6 is 35.5 Å². The van der Waals surface area contributed by atoms with Crippen molar-refractivity contribution >= 4 is 51.4 Å². The third-order valence-corrected chi connectivity index (χ3v) is 8.47. The molecule has 2 aromatic heterocycles. The summed E-state index contributed by atoms with van der Waals surface area (Å²) in [7, 11) is 1.92. The highest BCUT2D eigenvalue weighted by molar-refractivity contribution is 7.99. The van der Waals surface area contributed by atoms with Crippen LogP contribution in [0.25, 0.3) is 15.9 Å². The second kappa shape index (κ2) is 8.61. The van der Waals surface area contributed by atoms with Crippen LogP contribution in [0.3, 0.4) is 0 Å². The van der Waals surface area contributed by atoms with Crippen molar-refractivity contribution in [2.24, 2.45) is 24.4 Å². The largest absolute Gasteiger partial charge is 0.403 e. The monoisotopic (exact) mass is 477 g/mol. The van der Waals surface area contributed by atoms with Crippen LogP contribution in [0.1, 0.15) is 29.2 Å². The zero-order valence-corrected chi connectivity index (χ0v) is 20.2. The molecule has 5 rings (SSSR count). The van der Waals surface area contributed by atoms with Crippen LogP contribution in [-0.4, -0.2) is 50.0 Å². The van der Waals surface area contributed by atoms with Crippen molar-refractivity contribution in [2.75, 3.05) is 25.4 Å². The fourth-order valence-corrected chi connectivity index (χ4v) is 6.42. The molecule has 3 heterocycles. The van der Waals surface area contributed by atoms with Crippen LogP contribution in [-0.2, 0) is 12.5 Å². The molecule has 2 fully saturated rings. The summed E-state index contributed by atoms with van der Waals surface area (Å²) in [5.41, 5.74) is 14.8. The van der Waals surface area contributed by atoms with E-state index in [1.54, 1.807) is 23.1 Å². The maximum absolute atomic E-state index is 5.85. The Morgan fingerprint density at radius 3 is 3.03 bits per heavy atom. The Labute approximate surface area is 196 Å². The Kier molecular flexibility index (Phi) is 6.22. The van der Waals surface area contributed by atoms with Crippen LogP contribution < -0.4 is 11.5 Å². The molecule has 0 bridgehead atoms. The molecule has 1 aliphatic carbocycles. The molecule has 1 aromatic carbocycles. The predicted molar refractivity (Wildman–Crippen MR) is 131 cm³/mol. The number of thioether (sulfide) groups is 1. The van der Waals surface area contributed by atoms with Crippen molar-refractivity contribution < 1.29 is 0 Å². The average molecular weight is 478 g/mol. The number of fused-ring (bicyclic) bond motifs is 2. The number of nitrogens with zero attached hydrogens (tertiary/aromatic N) is 5. The highest BCUT2D eigenvalue weighted by Gasteiger charge is 2.60. The number of halogens is 1. The SMILES string of the molecule is Cc1nc2cc([C@@]34C[C@@H]3CN(CCCSc3nnc(/C(N)=C/N)n3C)C4)ccc2s1.Cl. The minimum absolute atomic E-state index is 0. The molecule has 0 amide bonds. The van der Waals surface area contributed by atoms with E-state index in [1.165, 1.54) is 36.0 Å². The Hall–Kier alpha value is -1.81. The van der Waals surface area contributed by atoms with Crippen LogP contribution in [0.4, 0.5) is 0 Å². The molecule has 0 unspecified atom stereocenters. The van der Waals surface area contributed by atoms with Crippen molar-refractivity contribution in [1.29, 1.82) is 0 Å². The second-order valence-electron chi connectivity index (χ2n) is 8.40. The van der Waals surface area contributed by atoms with E-state index < -0.39 is 0 Å². The van der Waals surface area contributed by atoms with E-state index in [1.807, 2.05) is 11.6 Å². The quantitative estimate of drug-likeness (QED) is 0.398. The normalized spacial score (nSPS) is 23.2. The maximum atomic E-state index is 5.85. The smallest absolute Gasteiger partial charge is 0.191 e. The number of aromatic nitrogens is 4. The lowest BCUT2D eigenvalue weighted by Gasteiger charge is -2.21. The van der Waals surface area contributed by atoms with E-state index in [9.17, 15) is 0 Å². The number of aryl methyl sites for hydroxylation is 1. The fraction of sp³-hybridized carbons (Fsp3) is 0.476. The van der Waals surface area contributed by atoms with E-state index in [-0.39, 0.29) is 12.4 Å². The van der Waals surface area contributed by atoms with Crippen molar-refractivity contribution in [2.45, 2.75) is 30.3 Å². The number of nitrogens with two attached hydrogens (primary N) is 2. The predicted octanol–water partition coefficient (Wildman–Crippen LogP) is 3.13. The number of piperidine rings is 1. The molecule has 1 aliphatic heterocycles. The highest BCUT2D eigenvalue weighted by Crippen LogP contribution is 2.59. The van der Waals surface area contributed by atoms with E-state index in [2.05, 4.69) is 40.2 Å². The van der Waals surface area contributed by atoms with Crippen LogP contribution in [0, 0.1) is 12.8 Å². The summed E-state index contributed by atoms with van der Waals surface area (Å²) < 4.78 is 3.20. The summed E-state index contributed by atoms with van der Waals surface area (Å²) >= 11 is 3.50. The summed E-state index contributed by atoms with van der Waals surface area (Å²) in [5, 5.41) is 10.4. The van der Waals surface area contributed by atoms with E-state index in [0.29, 0.717) is 16.9 Å². The van der Waals surface area contributed by atoms with Gasteiger partial charge in [-0.1, -0.05) is 17.8 Å². The van der Waals surface area contributed by atoms with Gasteiger partial charge in [-0.05, 0) is 49.9 Å². The Balaban J connectivity index is 0.00000231. The second-order valence-corrected chi connectivity index (χ2v) is 10.7. The molecular formula is C21H28ClN7S2. The van der Waals surface area contributed by atoms with E-state index in [4.69, 9.17) is 16.5 Å². The number of benzene rings is 1. The molecule has 1 saturated heterocycles. The summed E-state index contributed by atoms with van der Waals surface area (Å²) in [6, 6.07) is 6.94. The van der Waals surface area contributed by atoms with E-state index >= 15 is 0 Å². The zero-order valence-electron chi connectivity index (χ0n) is 17.7. The number of rotatable bonds is 7. The first-order chi connectivity index (χ1) is 14.5. The first kappa shape index (κ1) is 22.4. The van der Waals surface area contributed by atoms with Gasteiger partial charge in [0, 0.05) is 37.5 Å². The van der Waals surface area contributed by atoms with Gasteiger partial charge in [0.25, 0.3) is 0 Å². The molecule has 1 saturated carbocycles. The van der Waals surface area contributed by atoms with Gasteiger partial charge in [-0.25, -0.2) is 4.98 Å². The Morgan fingerprint density at radius 1 is 1.39 bits per heavy atom. The van der Waals surface area contributed by atoms with Gasteiger partial charge < -0.3 is 20.9 Å². The van der Waals surface area contributed by atoms with Gasteiger partial charge in [0.1, 0.15) is 0 Å². The van der Waals surface area contributed by atoms with Crippen molar-refractivity contribution in [3.63, 3.8) is 0 Å². The molecule has 0 radical (unpaired) electrons. The molecule has 2 aliphatic rings. The minimum Gasteiger partial charge on any atom is -0.403 e.